The number of esters is 1. The SMILES string of the molecule is O=C(COC(=O)c1ccc(Cl)cc1Cl)Nc1ccc(SC(F)F)cc1. The van der Waals surface area contributed by atoms with Gasteiger partial charge in [0.1, 0.15) is 0 Å². The molecule has 1 N–H and O–H groups in total. The summed E-state index contributed by atoms with van der Waals surface area (Å²) in [7, 11) is 0. The van der Waals surface area contributed by atoms with Crippen molar-refractivity contribution in [1.29, 1.82) is 0 Å². The van der Waals surface area contributed by atoms with Gasteiger partial charge < -0.3 is 10.1 Å². The molecule has 25 heavy (non-hydrogen) atoms. The van der Waals surface area contributed by atoms with Crippen molar-refractivity contribution in [2.45, 2.75) is 10.7 Å². The second-order valence-electron chi connectivity index (χ2n) is 4.65. The normalized spacial score (nSPS) is 10.6. The lowest BCUT2D eigenvalue weighted by Gasteiger charge is -2.08. The molecule has 2 aromatic rings. The molecule has 2 aromatic carbocycles. The van der Waals surface area contributed by atoms with Gasteiger partial charge in [0.15, 0.2) is 6.61 Å². The van der Waals surface area contributed by atoms with Crippen LogP contribution in [-0.2, 0) is 9.53 Å². The Balaban J connectivity index is 1.86. The number of ether oxygens (including phenoxy) is 1. The van der Waals surface area contributed by atoms with E-state index in [1.54, 1.807) is 0 Å². The maximum absolute atomic E-state index is 12.2. The van der Waals surface area contributed by atoms with Gasteiger partial charge in [-0.1, -0.05) is 35.0 Å². The van der Waals surface area contributed by atoms with Crippen LogP contribution in [0.4, 0.5) is 14.5 Å². The van der Waals surface area contributed by atoms with Crippen LogP contribution in [0.25, 0.3) is 0 Å². The van der Waals surface area contributed by atoms with Crippen LogP contribution in [0, 0.1) is 0 Å². The molecule has 0 aliphatic heterocycles. The average molecular weight is 406 g/mol. The molecule has 0 bridgehead atoms. The molecule has 0 atom stereocenters. The van der Waals surface area contributed by atoms with Crippen molar-refractivity contribution in [3.05, 3.63) is 58.1 Å². The van der Waals surface area contributed by atoms with Crippen molar-refractivity contribution < 1.29 is 23.1 Å². The highest BCUT2D eigenvalue weighted by Crippen LogP contribution is 2.26. The number of rotatable bonds is 6. The Bertz CT molecular complexity index is 772. The number of halogens is 4. The van der Waals surface area contributed by atoms with E-state index in [4.69, 9.17) is 27.9 Å². The first-order valence-corrected chi connectivity index (χ1v) is 8.45. The summed E-state index contributed by atoms with van der Waals surface area (Å²) in [4.78, 5) is 24.0. The summed E-state index contributed by atoms with van der Waals surface area (Å²) in [6.45, 7) is -0.522. The number of hydrogen-bond acceptors (Lipinski definition) is 4. The maximum Gasteiger partial charge on any atom is 0.340 e. The van der Waals surface area contributed by atoms with Gasteiger partial charge in [0.2, 0.25) is 0 Å². The summed E-state index contributed by atoms with van der Waals surface area (Å²) in [6, 6.07) is 10.1. The highest BCUT2D eigenvalue weighted by atomic mass is 35.5. The number of benzene rings is 2. The number of carbonyl (C=O) groups excluding carboxylic acids is 2. The van der Waals surface area contributed by atoms with E-state index in [0.717, 1.165) is 0 Å². The number of amides is 1. The van der Waals surface area contributed by atoms with Gasteiger partial charge in [-0.05, 0) is 42.5 Å². The zero-order chi connectivity index (χ0) is 18.4. The van der Waals surface area contributed by atoms with E-state index < -0.39 is 24.2 Å². The van der Waals surface area contributed by atoms with Gasteiger partial charge in [0.05, 0.1) is 10.6 Å². The third-order valence-electron chi connectivity index (χ3n) is 2.85. The fourth-order valence-corrected chi connectivity index (χ4v) is 2.77. The molecule has 2 rings (SSSR count). The van der Waals surface area contributed by atoms with Gasteiger partial charge >= 0.3 is 5.97 Å². The van der Waals surface area contributed by atoms with Crippen LogP contribution >= 0.6 is 35.0 Å². The molecule has 0 aliphatic carbocycles. The molecule has 0 saturated carbocycles. The molecule has 0 spiro atoms. The minimum absolute atomic E-state index is 0.0900. The Hall–Kier alpha value is -1.83. The zero-order valence-electron chi connectivity index (χ0n) is 12.5. The standard InChI is InChI=1S/C16H11Cl2F2NO3S/c17-9-1-6-12(13(18)7-9)15(23)24-8-14(22)21-10-2-4-11(5-3-10)25-16(19)20/h1-7,16H,8H2,(H,21,22). The molecule has 9 heteroatoms. The molecule has 0 radical (unpaired) electrons. The molecule has 132 valence electrons. The lowest BCUT2D eigenvalue weighted by molar-refractivity contribution is -0.119. The van der Waals surface area contributed by atoms with Gasteiger partial charge in [-0.25, -0.2) is 4.79 Å². The lowest BCUT2D eigenvalue weighted by atomic mass is 10.2. The average Bonchev–Trinajstić information content (AvgIpc) is 2.54. The minimum atomic E-state index is -2.51. The van der Waals surface area contributed by atoms with E-state index in [-0.39, 0.29) is 10.6 Å². The Morgan fingerprint density at radius 3 is 2.40 bits per heavy atom. The first kappa shape index (κ1) is 19.5. The first-order valence-electron chi connectivity index (χ1n) is 6.82. The Morgan fingerprint density at radius 1 is 1.12 bits per heavy atom. The topological polar surface area (TPSA) is 55.4 Å². The van der Waals surface area contributed by atoms with E-state index in [2.05, 4.69) is 5.32 Å². The van der Waals surface area contributed by atoms with Crippen molar-refractivity contribution >= 4 is 52.5 Å². The van der Waals surface area contributed by atoms with Crippen LogP contribution in [-0.4, -0.2) is 24.2 Å². The third kappa shape index (κ3) is 6.19. The van der Waals surface area contributed by atoms with Gasteiger partial charge in [-0.15, -0.1) is 0 Å². The summed E-state index contributed by atoms with van der Waals surface area (Å²) in [5, 5.41) is 2.97. The van der Waals surface area contributed by atoms with Crippen LogP contribution < -0.4 is 5.32 Å². The Morgan fingerprint density at radius 2 is 1.80 bits per heavy atom. The number of nitrogens with one attached hydrogen (secondary N) is 1. The second kappa shape index (κ2) is 9.03. The van der Waals surface area contributed by atoms with Crippen molar-refractivity contribution in [2.75, 3.05) is 11.9 Å². The summed E-state index contributed by atoms with van der Waals surface area (Å²) >= 11 is 12.0. The van der Waals surface area contributed by atoms with E-state index in [0.29, 0.717) is 27.4 Å². The molecule has 1 amide bonds. The van der Waals surface area contributed by atoms with Gasteiger partial charge in [0.25, 0.3) is 11.7 Å². The summed E-state index contributed by atoms with van der Waals surface area (Å²) in [5.41, 5.74) is 0.483. The molecular formula is C16H11Cl2F2NO3S. The second-order valence-corrected chi connectivity index (χ2v) is 6.56. The minimum Gasteiger partial charge on any atom is -0.452 e. The molecule has 4 nitrogen and oxygen atoms in total. The van der Waals surface area contributed by atoms with Crippen LogP contribution in [0.5, 0.6) is 0 Å². The molecule has 0 aromatic heterocycles. The molecule has 0 saturated heterocycles. The third-order valence-corrected chi connectivity index (χ3v) is 4.12. The van der Waals surface area contributed by atoms with Crippen molar-refractivity contribution in [2.24, 2.45) is 0 Å². The number of carbonyl (C=O) groups is 2. The Kier molecular flexibility index (Phi) is 7.04. The summed E-state index contributed by atoms with van der Waals surface area (Å²) in [6.07, 6.45) is 0. The molecule has 0 fully saturated rings. The van der Waals surface area contributed by atoms with Gasteiger partial charge in [-0.3, -0.25) is 4.79 Å². The highest BCUT2D eigenvalue weighted by Gasteiger charge is 2.14. The first-order chi connectivity index (χ1) is 11.8. The predicted octanol–water partition coefficient (Wildman–Crippen LogP) is 5.10. The monoisotopic (exact) mass is 405 g/mol. The van der Waals surface area contributed by atoms with E-state index >= 15 is 0 Å². The van der Waals surface area contributed by atoms with Crippen LogP contribution in [0.3, 0.4) is 0 Å². The molecule has 0 heterocycles. The zero-order valence-corrected chi connectivity index (χ0v) is 14.8. The molecular weight excluding hydrogens is 395 g/mol. The number of hydrogen-bond donors (Lipinski definition) is 1. The van der Waals surface area contributed by atoms with Gasteiger partial charge in [0, 0.05) is 15.6 Å². The smallest absolute Gasteiger partial charge is 0.340 e. The van der Waals surface area contributed by atoms with Crippen LogP contribution in [0.1, 0.15) is 10.4 Å². The highest BCUT2D eigenvalue weighted by molar-refractivity contribution is 7.99. The van der Waals surface area contributed by atoms with Crippen molar-refractivity contribution in [1.82, 2.24) is 0 Å². The lowest BCUT2D eigenvalue weighted by Crippen LogP contribution is -2.21. The van der Waals surface area contributed by atoms with Crippen molar-refractivity contribution in [3.63, 3.8) is 0 Å². The summed E-state index contributed by atoms with van der Waals surface area (Å²) < 4.78 is 29.3. The van der Waals surface area contributed by atoms with Crippen LogP contribution in [0.15, 0.2) is 47.4 Å². The predicted molar refractivity (Wildman–Crippen MR) is 93.7 cm³/mol. The molecule has 0 aliphatic rings. The maximum atomic E-state index is 12.2. The largest absolute Gasteiger partial charge is 0.452 e. The number of anilines is 1. The fraction of sp³-hybridized carbons (Fsp3) is 0.125. The molecule has 0 unspecified atom stereocenters. The van der Waals surface area contributed by atoms with E-state index in [1.165, 1.54) is 42.5 Å². The number of alkyl halides is 2. The van der Waals surface area contributed by atoms with Crippen LogP contribution in [0.2, 0.25) is 10.0 Å². The van der Waals surface area contributed by atoms with Gasteiger partial charge in [-0.2, -0.15) is 8.78 Å². The quantitative estimate of drug-likeness (QED) is 0.536. The summed E-state index contributed by atoms with van der Waals surface area (Å²) in [5.74, 6) is -3.85. The number of thioether (sulfide) groups is 1. The fourth-order valence-electron chi connectivity index (χ4n) is 1.78. The Labute approximate surface area is 156 Å². The van der Waals surface area contributed by atoms with E-state index in [9.17, 15) is 18.4 Å². The van der Waals surface area contributed by atoms with Crippen molar-refractivity contribution in [3.8, 4) is 0 Å². The van der Waals surface area contributed by atoms with E-state index in [1.807, 2.05) is 0 Å².